The van der Waals surface area contributed by atoms with Crippen LogP contribution in [0.5, 0.6) is 0 Å². The number of halogens is 1. The Morgan fingerprint density at radius 1 is 0.781 bits per heavy atom. The van der Waals surface area contributed by atoms with E-state index in [1.807, 2.05) is 64.1 Å². The van der Waals surface area contributed by atoms with Gasteiger partial charge in [0.05, 0.1) is 12.1 Å². The van der Waals surface area contributed by atoms with E-state index in [-0.39, 0.29) is 24.0 Å². The molecule has 0 unspecified atom stereocenters. The molecule has 0 atom stereocenters. The summed E-state index contributed by atoms with van der Waals surface area (Å²) in [5, 5.41) is 3.24. The summed E-state index contributed by atoms with van der Waals surface area (Å²) in [5.41, 5.74) is 6.89. The van der Waals surface area contributed by atoms with Crippen LogP contribution in [0.2, 0.25) is 0 Å². The molecule has 4 nitrogen and oxygen atoms in total. The van der Waals surface area contributed by atoms with Crippen LogP contribution in [0, 0.1) is 33.5 Å². The van der Waals surface area contributed by atoms with Crippen molar-refractivity contribution in [3.63, 3.8) is 0 Å². The summed E-state index contributed by atoms with van der Waals surface area (Å²) in [5.74, 6) is -1.12. The molecular weight excluding hydrogens is 403 g/mol. The molecule has 162 valence electrons. The summed E-state index contributed by atoms with van der Waals surface area (Å²) >= 11 is 0. The van der Waals surface area contributed by atoms with Crippen LogP contribution in [-0.4, -0.2) is 16.7 Å². The van der Waals surface area contributed by atoms with Crippen LogP contribution in [0.3, 0.4) is 0 Å². The van der Waals surface area contributed by atoms with E-state index in [4.69, 9.17) is 0 Å². The maximum absolute atomic E-state index is 13.5. The van der Waals surface area contributed by atoms with E-state index in [2.05, 4.69) is 5.32 Å². The topological polar surface area (TPSA) is 49.4 Å². The van der Waals surface area contributed by atoms with Gasteiger partial charge in [-0.2, -0.15) is 0 Å². The van der Waals surface area contributed by atoms with Crippen LogP contribution in [0.15, 0.2) is 66.4 Å². The average Bonchev–Trinajstić information content (AvgIpc) is 2.96. The molecule has 0 aromatic heterocycles. The molecule has 1 heterocycles. The minimum Gasteiger partial charge on any atom is -0.350 e. The van der Waals surface area contributed by atoms with Crippen LogP contribution >= 0.6 is 0 Å². The van der Waals surface area contributed by atoms with Crippen LogP contribution in [0.4, 0.5) is 10.1 Å². The van der Waals surface area contributed by atoms with Gasteiger partial charge in [-0.1, -0.05) is 53.6 Å². The third-order valence-corrected chi connectivity index (χ3v) is 5.71. The first-order valence-corrected chi connectivity index (χ1v) is 10.5. The van der Waals surface area contributed by atoms with Gasteiger partial charge >= 0.3 is 0 Å². The van der Waals surface area contributed by atoms with Gasteiger partial charge in [-0.15, -0.1) is 0 Å². The second-order valence-electron chi connectivity index (χ2n) is 8.33. The Balaban J connectivity index is 1.79. The highest BCUT2D eigenvalue weighted by atomic mass is 19.1. The predicted octanol–water partition coefficient (Wildman–Crippen LogP) is 5.45. The first-order chi connectivity index (χ1) is 15.2. The van der Waals surface area contributed by atoms with Crippen LogP contribution in [-0.2, 0) is 16.1 Å². The molecule has 4 rings (SSSR count). The third kappa shape index (κ3) is 4.06. The standard InChI is InChI=1S/C27H25FN2O2/c1-16-5-11-22(18(3)13-16)24-25(29-23-12-6-17(2)14-19(23)4)27(32)30(26(24)31)15-20-7-9-21(28)10-8-20/h5-14,29H,15H2,1-4H3. The molecule has 5 heteroatoms. The van der Waals surface area contributed by atoms with Crippen molar-refractivity contribution in [1.82, 2.24) is 4.90 Å². The fourth-order valence-corrected chi connectivity index (χ4v) is 4.04. The Labute approximate surface area is 187 Å². The number of benzene rings is 3. The van der Waals surface area contributed by atoms with E-state index in [9.17, 15) is 14.0 Å². The van der Waals surface area contributed by atoms with Crippen molar-refractivity contribution in [2.24, 2.45) is 0 Å². The molecule has 3 aromatic carbocycles. The Morgan fingerprint density at radius 3 is 2.03 bits per heavy atom. The summed E-state index contributed by atoms with van der Waals surface area (Å²) in [4.78, 5) is 28.2. The average molecular weight is 429 g/mol. The molecule has 1 N–H and O–H groups in total. The van der Waals surface area contributed by atoms with Gasteiger partial charge < -0.3 is 5.32 Å². The number of nitrogens with one attached hydrogen (secondary N) is 1. The molecule has 0 aliphatic carbocycles. The molecule has 0 spiro atoms. The fraction of sp³-hybridized carbons (Fsp3) is 0.185. The second kappa shape index (κ2) is 8.42. The van der Waals surface area contributed by atoms with Crippen LogP contribution in [0.25, 0.3) is 5.57 Å². The van der Waals surface area contributed by atoms with Gasteiger partial charge in [-0.25, -0.2) is 4.39 Å². The van der Waals surface area contributed by atoms with Crippen molar-refractivity contribution in [2.75, 3.05) is 5.32 Å². The molecule has 0 fully saturated rings. The van der Waals surface area contributed by atoms with E-state index in [0.29, 0.717) is 11.1 Å². The molecule has 2 amide bonds. The quantitative estimate of drug-likeness (QED) is 0.550. The van der Waals surface area contributed by atoms with Gasteiger partial charge in [0, 0.05) is 5.69 Å². The SMILES string of the molecule is Cc1ccc(NC2=C(c3ccc(C)cc3C)C(=O)N(Cc3ccc(F)cc3)C2=O)c(C)c1. The monoisotopic (exact) mass is 428 g/mol. The molecule has 1 aliphatic rings. The molecule has 0 saturated heterocycles. The first-order valence-electron chi connectivity index (χ1n) is 10.5. The van der Waals surface area contributed by atoms with Gasteiger partial charge in [0.2, 0.25) is 0 Å². The lowest BCUT2D eigenvalue weighted by molar-refractivity contribution is -0.137. The van der Waals surface area contributed by atoms with E-state index >= 15 is 0 Å². The largest absolute Gasteiger partial charge is 0.350 e. The highest BCUT2D eigenvalue weighted by molar-refractivity contribution is 6.36. The molecule has 0 saturated carbocycles. The lowest BCUT2D eigenvalue weighted by Crippen LogP contribution is -2.32. The predicted molar refractivity (Wildman–Crippen MR) is 124 cm³/mol. The number of aryl methyl sites for hydroxylation is 4. The lowest BCUT2D eigenvalue weighted by atomic mass is 9.97. The smallest absolute Gasteiger partial charge is 0.278 e. The molecule has 32 heavy (non-hydrogen) atoms. The Hall–Kier alpha value is -3.73. The summed E-state index contributed by atoms with van der Waals surface area (Å²) < 4.78 is 13.3. The van der Waals surface area contributed by atoms with Crippen molar-refractivity contribution >= 4 is 23.1 Å². The van der Waals surface area contributed by atoms with Gasteiger partial charge in [0.1, 0.15) is 11.5 Å². The van der Waals surface area contributed by atoms with Gasteiger partial charge in [0.15, 0.2) is 0 Å². The molecule has 0 radical (unpaired) electrons. The third-order valence-electron chi connectivity index (χ3n) is 5.71. The van der Waals surface area contributed by atoms with Gasteiger partial charge in [0.25, 0.3) is 11.8 Å². The summed E-state index contributed by atoms with van der Waals surface area (Å²) in [7, 11) is 0. The van der Waals surface area contributed by atoms with E-state index in [1.54, 1.807) is 12.1 Å². The maximum atomic E-state index is 13.5. The van der Waals surface area contributed by atoms with Crippen LogP contribution in [0.1, 0.15) is 33.4 Å². The minimum absolute atomic E-state index is 0.0738. The number of imide groups is 1. The second-order valence-corrected chi connectivity index (χ2v) is 8.33. The number of nitrogens with zero attached hydrogens (tertiary/aromatic N) is 1. The normalized spacial score (nSPS) is 13.8. The Kier molecular flexibility index (Phi) is 5.66. The van der Waals surface area contributed by atoms with Crippen LogP contribution < -0.4 is 5.32 Å². The van der Waals surface area contributed by atoms with E-state index in [1.165, 1.54) is 17.0 Å². The number of hydrogen-bond donors (Lipinski definition) is 1. The van der Waals surface area contributed by atoms with Crippen molar-refractivity contribution in [2.45, 2.75) is 34.2 Å². The number of anilines is 1. The zero-order chi connectivity index (χ0) is 23.0. The zero-order valence-corrected chi connectivity index (χ0v) is 18.6. The number of hydrogen-bond acceptors (Lipinski definition) is 3. The van der Waals surface area contributed by atoms with Crippen molar-refractivity contribution < 1.29 is 14.0 Å². The van der Waals surface area contributed by atoms with Crippen molar-refractivity contribution in [3.8, 4) is 0 Å². The Bertz CT molecular complexity index is 1260. The molecular formula is C27H25FN2O2. The number of amides is 2. The zero-order valence-electron chi connectivity index (χ0n) is 18.6. The van der Waals surface area contributed by atoms with Gasteiger partial charge in [-0.05, 0) is 68.1 Å². The van der Waals surface area contributed by atoms with Gasteiger partial charge in [-0.3, -0.25) is 14.5 Å². The number of rotatable bonds is 5. The number of carbonyl (C=O) groups is 2. The lowest BCUT2D eigenvalue weighted by Gasteiger charge is -2.16. The molecule has 3 aromatic rings. The highest BCUT2D eigenvalue weighted by Gasteiger charge is 2.39. The van der Waals surface area contributed by atoms with Crippen molar-refractivity contribution in [1.29, 1.82) is 0 Å². The minimum atomic E-state index is -0.394. The van der Waals surface area contributed by atoms with E-state index < -0.39 is 5.91 Å². The summed E-state index contributed by atoms with van der Waals surface area (Å²) in [6.07, 6.45) is 0. The van der Waals surface area contributed by atoms with Crippen molar-refractivity contribution in [3.05, 3.63) is 106 Å². The molecule has 1 aliphatic heterocycles. The first kappa shape index (κ1) is 21.5. The summed E-state index contributed by atoms with van der Waals surface area (Å²) in [6.45, 7) is 7.97. The number of carbonyl (C=O) groups excluding carboxylic acids is 2. The highest BCUT2D eigenvalue weighted by Crippen LogP contribution is 2.34. The Morgan fingerprint density at radius 2 is 1.41 bits per heavy atom. The maximum Gasteiger partial charge on any atom is 0.278 e. The molecule has 0 bridgehead atoms. The van der Waals surface area contributed by atoms with E-state index in [0.717, 1.165) is 33.5 Å². The fourth-order valence-electron chi connectivity index (χ4n) is 4.04. The summed E-state index contributed by atoms with van der Waals surface area (Å²) in [6, 6.07) is 17.5.